The number of hydrogen-bond acceptors (Lipinski definition) is 4. The summed E-state index contributed by atoms with van der Waals surface area (Å²) in [5, 5.41) is 12.1. The van der Waals surface area contributed by atoms with Crippen LogP contribution >= 0.6 is 11.6 Å². The van der Waals surface area contributed by atoms with E-state index in [0.29, 0.717) is 29.1 Å². The summed E-state index contributed by atoms with van der Waals surface area (Å²) in [5.74, 6) is -1.41. The Bertz CT molecular complexity index is 1090. The van der Waals surface area contributed by atoms with Crippen LogP contribution in [-0.4, -0.2) is 34.6 Å². The van der Waals surface area contributed by atoms with Crippen molar-refractivity contribution < 1.29 is 14.0 Å². The predicted molar refractivity (Wildman–Crippen MR) is 111 cm³/mol. The molecule has 1 N–H and O–H groups in total. The highest BCUT2D eigenvalue weighted by molar-refractivity contribution is 6.47. The molecule has 0 bridgehead atoms. The number of hydrogen-bond donors (Lipinski definition) is 1. The Kier molecular flexibility index (Phi) is 5.27. The van der Waals surface area contributed by atoms with Gasteiger partial charge in [0.1, 0.15) is 23.7 Å². The average Bonchev–Trinajstić information content (AvgIpc) is 3.29. The number of anilines is 1. The Morgan fingerprint density at radius 1 is 1.23 bits per heavy atom. The summed E-state index contributed by atoms with van der Waals surface area (Å²) in [6.45, 7) is -0.210. The average molecular weight is 425 g/mol. The van der Waals surface area contributed by atoms with E-state index in [0.717, 1.165) is 25.0 Å². The first-order valence-corrected chi connectivity index (χ1v) is 9.96. The molecule has 4 rings (SSSR count). The summed E-state index contributed by atoms with van der Waals surface area (Å²) in [5.41, 5.74) is 0.510. The molecule has 0 saturated heterocycles. The summed E-state index contributed by atoms with van der Waals surface area (Å²) in [6.07, 6.45) is 3.19. The second kappa shape index (κ2) is 7.88. The maximum Gasteiger partial charge on any atom is 0.275 e. The number of carbonyl (C=O) groups is 2. The van der Waals surface area contributed by atoms with Gasteiger partial charge in [0.15, 0.2) is 0 Å². The number of halogens is 2. The topological polar surface area (TPSA) is 85.6 Å². The maximum atomic E-state index is 13.6. The molecule has 2 amide bonds. The molecule has 0 aromatic heterocycles. The van der Waals surface area contributed by atoms with Gasteiger partial charge in [0.25, 0.3) is 5.91 Å². The number of aliphatic imine (C=N–C) groups is 1. The molecule has 2 aromatic rings. The summed E-state index contributed by atoms with van der Waals surface area (Å²) in [6, 6.07) is 12.3. The highest BCUT2D eigenvalue weighted by atomic mass is 35.5. The lowest BCUT2D eigenvalue weighted by Gasteiger charge is -2.32. The number of benzene rings is 2. The highest BCUT2D eigenvalue weighted by Crippen LogP contribution is 2.41. The third-order valence-corrected chi connectivity index (χ3v) is 5.66. The molecule has 2 aromatic carbocycles. The van der Waals surface area contributed by atoms with E-state index in [4.69, 9.17) is 21.9 Å². The van der Waals surface area contributed by atoms with Crippen molar-refractivity contribution in [1.82, 2.24) is 4.90 Å². The Morgan fingerprint density at radius 2 is 1.93 bits per heavy atom. The van der Waals surface area contributed by atoms with Crippen LogP contribution in [0.25, 0.3) is 0 Å². The van der Waals surface area contributed by atoms with Gasteiger partial charge in [-0.15, -0.1) is 0 Å². The molecule has 8 heteroatoms. The van der Waals surface area contributed by atoms with E-state index in [1.54, 1.807) is 24.3 Å². The van der Waals surface area contributed by atoms with Crippen LogP contribution in [0.5, 0.6) is 0 Å². The van der Waals surface area contributed by atoms with Crippen molar-refractivity contribution in [2.75, 3.05) is 11.9 Å². The summed E-state index contributed by atoms with van der Waals surface area (Å²) >= 11 is 5.95. The van der Waals surface area contributed by atoms with E-state index in [9.17, 15) is 14.0 Å². The molecule has 0 unspecified atom stereocenters. The van der Waals surface area contributed by atoms with Crippen LogP contribution in [0.2, 0.25) is 5.02 Å². The van der Waals surface area contributed by atoms with Gasteiger partial charge in [-0.2, -0.15) is 5.26 Å². The number of nitrogens with one attached hydrogen (secondary N) is 1. The summed E-state index contributed by atoms with van der Waals surface area (Å²) < 4.78 is 13.6. The fourth-order valence-corrected chi connectivity index (χ4v) is 4.17. The molecule has 1 aliphatic heterocycles. The second-order valence-electron chi connectivity index (χ2n) is 7.44. The van der Waals surface area contributed by atoms with Gasteiger partial charge in [0.05, 0.1) is 11.6 Å². The number of amides is 2. The lowest BCUT2D eigenvalue weighted by atomic mass is 10.1. The van der Waals surface area contributed by atoms with E-state index in [-0.39, 0.29) is 23.7 Å². The lowest BCUT2D eigenvalue weighted by molar-refractivity contribution is -0.132. The molecule has 1 fully saturated rings. The van der Waals surface area contributed by atoms with Gasteiger partial charge in [-0.1, -0.05) is 23.7 Å². The van der Waals surface area contributed by atoms with Crippen LogP contribution in [-0.2, 0) is 9.59 Å². The van der Waals surface area contributed by atoms with Crippen LogP contribution in [0.3, 0.4) is 0 Å². The van der Waals surface area contributed by atoms with Gasteiger partial charge < -0.3 is 10.2 Å². The molecule has 152 valence electrons. The number of nitriles is 1. The molecule has 1 saturated carbocycles. The molecular formula is C22H18ClFN4O2. The summed E-state index contributed by atoms with van der Waals surface area (Å²) in [4.78, 5) is 32.1. The predicted octanol–water partition coefficient (Wildman–Crippen LogP) is 3.89. The minimum Gasteiger partial charge on any atom is -0.324 e. The highest BCUT2D eigenvalue weighted by Gasteiger charge is 2.49. The standard InChI is InChI=1S/C22H18ClFN4O2/c23-16-5-3-15(4-6-16)20-21(30)28(22(27-20)7-1-2-8-22)13-19(29)26-18-10-14(12-25)9-17(24)11-18/h3-6,9-11H,1-2,7-8,13H2,(H,26,29). The Hall–Kier alpha value is -3.24. The Morgan fingerprint density at radius 3 is 2.60 bits per heavy atom. The van der Waals surface area contributed by atoms with Crippen molar-refractivity contribution in [2.45, 2.75) is 31.3 Å². The van der Waals surface area contributed by atoms with E-state index in [1.807, 2.05) is 6.07 Å². The van der Waals surface area contributed by atoms with Gasteiger partial charge in [-0.25, -0.2) is 4.39 Å². The summed E-state index contributed by atoms with van der Waals surface area (Å²) in [7, 11) is 0. The van der Waals surface area contributed by atoms with E-state index in [2.05, 4.69) is 5.32 Å². The molecule has 0 atom stereocenters. The first-order chi connectivity index (χ1) is 14.4. The van der Waals surface area contributed by atoms with Crippen molar-refractivity contribution in [3.05, 3.63) is 64.4 Å². The van der Waals surface area contributed by atoms with Gasteiger partial charge >= 0.3 is 0 Å². The monoisotopic (exact) mass is 424 g/mol. The maximum absolute atomic E-state index is 13.6. The molecule has 6 nitrogen and oxygen atoms in total. The molecular weight excluding hydrogens is 407 g/mol. The van der Waals surface area contributed by atoms with E-state index < -0.39 is 17.4 Å². The van der Waals surface area contributed by atoms with Gasteiger partial charge in [-0.05, 0) is 56.0 Å². The van der Waals surface area contributed by atoms with Crippen LogP contribution in [0.4, 0.5) is 10.1 Å². The first kappa shape index (κ1) is 20.0. The normalized spacial score (nSPS) is 17.2. The number of nitrogens with zero attached hydrogens (tertiary/aromatic N) is 3. The molecule has 0 radical (unpaired) electrons. The molecule has 1 heterocycles. The zero-order valence-corrected chi connectivity index (χ0v) is 16.7. The van der Waals surface area contributed by atoms with Crippen molar-refractivity contribution >= 4 is 34.8 Å². The first-order valence-electron chi connectivity index (χ1n) is 9.58. The van der Waals surface area contributed by atoms with E-state index >= 15 is 0 Å². The Balaban J connectivity index is 1.57. The second-order valence-corrected chi connectivity index (χ2v) is 7.87. The SMILES string of the molecule is N#Cc1cc(F)cc(NC(=O)CN2C(=O)C(c3ccc(Cl)cc3)=NC23CCCC3)c1. The molecule has 1 aliphatic carbocycles. The minimum atomic E-state index is -0.733. The van der Waals surface area contributed by atoms with Gasteiger partial charge in [0.2, 0.25) is 5.91 Å². The van der Waals surface area contributed by atoms with Crippen molar-refractivity contribution in [3.63, 3.8) is 0 Å². The smallest absolute Gasteiger partial charge is 0.275 e. The van der Waals surface area contributed by atoms with Crippen LogP contribution in [0.15, 0.2) is 47.5 Å². The zero-order chi connectivity index (χ0) is 21.3. The Labute approximate surface area is 178 Å². The number of rotatable bonds is 4. The van der Waals surface area contributed by atoms with Gasteiger partial charge in [0, 0.05) is 16.3 Å². The van der Waals surface area contributed by atoms with Crippen molar-refractivity contribution in [3.8, 4) is 6.07 Å². The number of carbonyl (C=O) groups excluding carboxylic acids is 2. The minimum absolute atomic E-state index is 0.100. The quantitative estimate of drug-likeness (QED) is 0.807. The third-order valence-electron chi connectivity index (χ3n) is 5.40. The molecule has 1 spiro atoms. The van der Waals surface area contributed by atoms with Crippen molar-refractivity contribution in [1.29, 1.82) is 5.26 Å². The van der Waals surface area contributed by atoms with Crippen molar-refractivity contribution in [2.24, 2.45) is 4.99 Å². The van der Waals surface area contributed by atoms with Gasteiger partial charge in [-0.3, -0.25) is 14.6 Å². The van der Waals surface area contributed by atoms with Crippen LogP contribution < -0.4 is 5.32 Å². The lowest BCUT2D eigenvalue weighted by Crippen LogP contribution is -2.48. The fourth-order valence-electron chi connectivity index (χ4n) is 4.04. The molecule has 30 heavy (non-hydrogen) atoms. The zero-order valence-electron chi connectivity index (χ0n) is 16.0. The van der Waals surface area contributed by atoms with Crippen LogP contribution in [0.1, 0.15) is 36.8 Å². The largest absolute Gasteiger partial charge is 0.324 e. The van der Waals surface area contributed by atoms with E-state index in [1.165, 1.54) is 11.0 Å². The van der Waals surface area contributed by atoms with Crippen LogP contribution in [0, 0.1) is 17.1 Å². The third kappa shape index (κ3) is 3.79. The molecule has 2 aliphatic rings. The fraction of sp³-hybridized carbons (Fsp3) is 0.273.